The van der Waals surface area contributed by atoms with Crippen LogP contribution in [0.2, 0.25) is 5.02 Å². The van der Waals surface area contributed by atoms with Crippen LogP contribution in [-0.2, 0) is 20.1 Å². The third kappa shape index (κ3) is 4.59. The summed E-state index contributed by atoms with van der Waals surface area (Å²) >= 11 is 15.0. The number of rotatable bonds is 5. The number of anilines is 1. The number of aryl methyl sites for hydroxylation is 1. The predicted octanol–water partition coefficient (Wildman–Crippen LogP) is 3.57. The zero-order valence-corrected chi connectivity index (χ0v) is 16.6. The minimum atomic E-state index is 0.496. The van der Waals surface area contributed by atoms with Gasteiger partial charge in [0.1, 0.15) is 0 Å². The van der Waals surface area contributed by atoms with E-state index in [1.165, 1.54) is 0 Å². The summed E-state index contributed by atoms with van der Waals surface area (Å²) in [7, 11) is 1.88. The van der Waals surface area contributed by atoms with Crippen molar-refractivity contribution in [2.45, 2.75) is 13.1 Å². The molecule has 1 aromatic carbocycles. The van der Waals surface area contributed by atoms with Crippen molar-refractivity contribution in [2.24, 2.45) is 7.05 Å². The first-order chi connectivity index (χ1) is 12.0. The van der Waals surface area contributed by atoms with Crippen molar-refractivity contribution in [2.75, 3.05) is 5.32 Å². The molecule has 130 valence electrons. The molecule has 2 N–H and O–H groups in total. The number of thiocarbonyl (C=S) groups is 1. The van der Waals surface area contributed by atoms with E-state index in [9.17, 15) is 0 Å². The van der Waals surface area contributed by atoms with Crippen LogP contribution in [0.1, 0.15) is 11.3 Å². The van der Waals surface area contributed by atoms with Gasteiger partial charge >= 0.3 is 0 Å². The van der Waals surface area contributed by atoms with Gasteiger partial charge in [0.05, 0.1) is 29.5 Å². The summed E-state index contributed by atoms with van der Waals surface area (Å²) < 4.78 is 4.54. The number of aromatic nitrogens is 4. The van der Waals surface area contributed by atoms with E-state index in [1.54, 1.807) is 10.9 Å². The van der Waals surface area contributed by atoms with Gasteiger partial charge in [-0.25, -0.2) is 0 Å². The van der Waals surface area contributed by atoms with Crippen molar-refractivity contribution < 1.29 is 0 Å². The van der Waals surface area contributed by atoms with E-state index in [0.29, 0.717) is 24.0 Å². The van der Waals surface area contributed by atoms with Gasteiger partial charge in [-0.3, -0.25) is 9.36 Å². The Morgan fingerprint density at radius 2 is 2.12 bits per heavy atom. The molecule has 9 heteroatoms. The minimum Gasteiger partial charge on any atom is -0.357 e. The Labute approximate surface area is 164 Å². The van der Waals surface area contributed by atoms with Crippen LogP contribution in [0.4, 0.5) is 5.82 Å². The van der Waals surface area contributed by atoms with Crippen LogP contribution in [-0.4, -0.2) is 24.7 Å². The van der Waals surface area contributed by atoms with Crippen molar-refractivity contribution in [3.05, 3.63) is 63.5 Å². The molecule has 3 rings (SSSR count). The second kappa shape index (κ2) is 7.99. The maximum atomic E-state index is 6.18. The van der Waals surface area contributed by atoms with Gasteiger partial charge < -0.3 is 10.6 Å². The molecule has 0 saturated carbocycles. The molecule has 25 heavy (non-hydrogen) atoms. The largest absolute Gasteiger partial charge is 0.357 e. The van der Waals surface area contributed by atoms with Gasteiger partial charge in [0.15, 0.2) is 10.9 Å². The average molecular weight is 440 g/mol. The molecule has 0 saturated heterocycles. The first-order valence-electron chi connectivity index (χ1n) is 7.51. The third-order valence-electron chi connectivity index (χ3n) is 3.60. The van der Waals surface area contributed by atoms with E-state index in [-0.39, 0.29) is 0 Å². The molecule has 3 aromatic rings. The lowest BCUT2D eigenvalue weighted by molar-refractivity contribution is 0.688. The standard InChI is InChI=1S/C16H16BrClN6S/c1-23-14(12(17)8-20-23)9-19-16(25)21-15-6-7-24(22-15)10-11-4-2-3-5-13(11)18/h2-8H,9-10H2,1H3,(H2,19,21,22,25). The van der Waals surface area contributed by atoms with Crippen LogP contribution >= 0.6 is 39.7 Å². The van der Waals surface area contributed by atoms with E-state index in [1.807, 2.05) is 48.3 Å². The second-order valence-electron chi connectivity index (χ2n) is 5.36. The predicted molar refractivity (Wildman–Crippen MR) is 107 cm³/mol. The number of nitrogens with zero attached hydrogens (tertiary/aromatic N) is 4. The molecular formula is C16H16BrClN6S. The van der Waals surface area contributed by atoms with E-state index in [0.717, 1.165) is 20.8 Å². The fourth-order valence-electron chi connectivity index (χ4n) is 2.28. The maximum Gasteiger partial charge on any atom is 0.172 e. The molecule has 2 heterocycles. The van der Waals surface area contributed by atoms with Crippen LogP contribution in [0.25, 0.3) is 0 Å². The van der Waals surface area contributed by atoms with Gasteiger partial charge in [-0.2, -0.15) is 10.2 Å². The molecular weight excluding hydrogens is 424 g/mol. The Morgan fingerprint density at radius 1 is 1.32 bits per heavy atom. The third-order valence-corrected chi connectivity index (χ3v) is 4.88. The quantitative estimate of drug-likeness (QED) is 0.595. The maximum absolute atomic E-state index is 6.18. The van der Waals surface area contributed by atoms with Crippen molar-refractivity contribution >= 4 is 50.7 Å². The summed E-state index contributed by atoms with van der Waals surface area (Å²) in [5.41, 5.74) is 2.02. The molecule has 6 nitrogen and oxygen atoms in total. The summed E-state index contributed by atoms with van der Waals surface area (Å²) in [6.07, 6.45) is 3.63. The Balaban J connectivity index is 1.56. The Hall–Kier alpha value is -1.90. The molecule has 0 aliphatic rings. The highest BCUT2D eigenvalue weighted by Crippen LogP contribution is 2.17. The average Bonchev–Trinajstić information content (AvgIpc) is 3.15. The van der Waals surface area contributed by atoms with Gasteiger partial charge in [-0.15, -0.1) is 0 Å². The minimum absolute atomic E-state index is 0.496. The van der Waals surface area contributed by atoms with Crippen LogP contribution < -0.4 is 10.6 Å². The van der Waals surface area contributed by atoms with E-state index in [2.05, 4.69) is 36.8 Å². The highest BCUT2D eigenvalue weighted by molar-refractivity contribution is 9.10. The Morgan fingerprint density at radius 3 is 2.84 bits per heavy atom. The Bertz CT molecular complexity index is 871. The summed E-state index contributed by atoms with van der Waals surface area (Å²) in [5.74, 6) is 0.675. The summed E-state index contributed by atoms with van der Waals surface area (Å²) in [6.45, 7) is 1.16. The van der Waals surface area contributed by atoms with Crippen molar-refractivity contribution in [1.82, 2.24) is 24.9 Å². The zero-order chi connectivity index (χ0) is 17.8. The molecule has 0 fully saturated rings. The molecule has 0 atom stereocenters. The topological polar surface area (TPSA) is 59.7 Å². The molecule has 0 aliphatic heterocycles. The van der Waals surface area contributed by atoms with Gasteiger partial charge in [0.2, 0.25) is 0 Å². The summed E-state index contributed by atoms with van der Waals surface area (Å²) in [5, 5.41) is 16.1. The number of hydrogen-bond donors (Lipinski definition) is 2. The fraction of sp³-hybridized carbons (Fsp3) is 0.188. The number of benzene rings is 1. The van der Waals surface area contributed by atoms with Gasteiger partial charge in [-0.1, -0.05) is 29.8 Å². The second-order valence-corrected chi connectivity index (χ2v) is 7.03. The lowest BCUT2D eigenvalue weighted by atomic mass is 10.2. The van der Waals surface area contributed by atoms with Crippen LogP contribution in [0, 0.1) is 0 Å². The lowest BCUT2D eigenvalue weighted by Crippen LogP contribution is -2.29. The zero-order valence-electron chi connectivity index (χ0n) is 13.4. The molecule has 0 amide bonds. The lowest BCUT2D eigenvalue weighted by Gasteiger charge is -2.09. The van der Waals surface area contributed by atoms with Crippen LogP contribution in [0.5, 0.6) is 0 Å². The van der Waals surface area contributed by atoms with Crippen LogP contribution in [0.3, 0.4) is 0 Å². The van der Waals surface area contributed by atoms with Crippen molar-refractivity contribution in [3.63, 3.8) is 0 Å². The summed E-state index contributed by atoms with van der Waals surface area (Å²) in [6, 6.07) is 9.58. The van der Waals surface area contributed by atoms with E-state index < -0.39 is 0 Å². The highest BCUT2D eigenvalue weighted by Gasteiger charge is 2.08. The van der Waals surface area contributed by atoms with Crippen molar-refractivity contribution in [1.29, 1.82) is 0 Å². The van der Waals surface area contributed by atoms with Gasteiger partial charge in [-0.05, 0) is 39.8 Å². The molecule has 0 spiro atoms. The van der Waals surface area contributed by atoms with Crippen LogP contribution in [0.15, 0.2) is 47.2 Å². The molecule has 0 bridgehead atoms. The molecule has 0 radical (unpaired) electrons. The molecule has 0 aliphatic carbocycles. The highest BCUT2D eigenvalue weighted by atomic mass is 79.9. The molecule has 0 unspecified atom stereocenters. The number of halogens is 2. The smallest absolute Gasteiger partial charge is 0.172 e. The normalized spacial score (nSPS) is 10.7. The summed E-state index contributed by atoms with van der Waals surface area (Å²) in [4.78, 5) is 0. The monoisotopic (exact) mass is 438 g/mol. The first-order valence-corrected chi connectivity index (χ1v) is 9.09. The number of nitrogens with one attached hydrogen (secondary N) is 2. The SMILES string of the molecule is Cn1ncc(Br)c1CNC(=S)Nc1ccn(Cc2ccccc2Cl)n1. The van der Waals surface area contributed by atoms with E-state index in [4.69, 9.17) is 23.8 Å². The number of hydrogen-bond acceptors (Lipinski definition) is 3. The first kappa shape index (κ1) is 17.9. The molecule has 2 aromatic heterocycles. The van der Waals surface area contributed by atoms with Gasteiger partial charge in [0.25, 0.3) is 0 Å². The van der Waals surface area contributed by atoms with Gasteiger partial charge in [0, 0.05) is 24.3 Å². The Kier molecular flexibility index (Phi) is 5.72. The fourth-order valence-corrected chi connectivity index (χ4v) is 3.14. The van der Waals surface area contributed by atoms with E-state index >= 15 is 0 Å². The van der Waals surface area contributed by atoms with Crippen molar-refractivity contribution in [3.8, 4) is 0 Å².